The lowest BCUT2D eigenvalue weighted by molar-refractivity contribution is -0.112. The molecular weight excluding hydrogens is 464 g/mol. The van der Waals surface area contributed by atoms with Crippen molar-refractivity contribution in [3.63, 3.8) is 0 Å². The number of amides is 1. The summed E-state index contributed by atoms with van der Waals surface area (Å²) in [7, 11) is 0. The van der Waals surface area contributed by atoms with Crippen LogP contribution < -0.4 is 10.1 Å². The molecule has 0 aliphatic rings. The Labute approximate surface area is 188 Å². The summed E-state index contributed by atoms with van der Waals surface area (Å²) in [6, 6.07) is 22.1. The van der Waals surface area contributed by atoms with Gasteiger partial charge in [-0.25, -0.2) is 0 Å². The van der Waals surface area contributed by atoms with Crippen LogP contribution in [0.1, 0.15) is 16.7 Å². The minimum absolute atomic E-state index is 0.0266. The first-order chi connectivity index (χ1) is 14.4. The zero-order chi connectivity index (χ0) is 21.5. The van der Waals surface area contributed by atoms with Crippen LogP contribution in [-0.4, -0.2) is 5.91 Å². The highest BCUT2D eigenvalue weighted by atomic mass is 79.9. The number of anilines is 1. The average molecular weight is 482 g/mol. The van der Waals surface area contributed by atoms with Crippen LogP contribution in [0.5, 0.6) is 5.75 Å². The number of nitrogens with one attached hydrogen (secondary N) is 1. The summed E-state index contributed by atoms with van der Waals surface area (Å²) in [5.41, 5.74) is 3.21. The summed E-state index contributed by atoms with van der Waals surface area (Å²) in [6.45, 7) is 2.27. The molecule has 0 bridgehead atoms. The molecule has 0 radical (unpaired) electrons. The van der Waals surface area contributed by atoms with Gasteiger partial charge < -0.3 is 10.1 Å². The van der Waals surface area contributed by atoms with Gasteiger partial charge in [-0.05, 0) is 61.0 Å². The van der Waals surface area contributed by atoms with Gasteiger partial charge in [0.1, 0.15) is 24.0 Å². The van der Waals surface area contributed by atoms with E-state index in [1.165, 1.54) is 6.08 Å². The van der Waals surface area contributed by atoms with Crippen LogP contribution in [0.15, 0.2) is 76.8 Å². The Kier molecular flexibility index (Phi) is 7.29. The van der Waals surface area contributed by atoms with Crippen LogP contribution in [0.25, 0.3) is 6.08 Å². The van der Waals surface area contributed by atoms with Gasteiger partial charge in [0.05, 0.1) is 0 Å². The number of nitrogens with zero attached hydrogens (tertiary/aromatic N) is 1. The summed E-state index contributed by atoms with van der Waals surface area (Å²) in [5.74, 6) is 0.0659. The molecule has 0 saturated carbocycles. The van der Waals surface area contributed by atoms with E-state index in [-0.39, 0.29) is 5.57 Å². The van der Waals surface area contributed by atoms with Crippen LogP contribution in [0.4, 0.5) is 5.69 Å². The molecule has 0 aliphatic heterocycles. The number of halogens is 2. The van der Waals surface area contributed by atoms with Gasteiger partial charge in [0, 0.05) is 20.7 Å². The van der Waals surface area contributed by atoms with E-state index in [2.05, 4.69) is 21.2 Å². The number of carbonyl (C=O) groups excluding carboxylic acids is 1. The monoisotopic (exact) mass is 480 g/mol. The molecule has 6 heteroatoms. The molecule has 0 spiro atoms. The van der Waals surface area contributed by atoms with Crippen molar-refractivity contribution in [3.8, 4) is 11.8 Å². The third-order valence-corrected chi connectivity index (χ3v) is 4.96. The molecule has 0 aliphatic carbocycles. The fourth-order valence-electron chi connectivity index (χ4n) is 2.69. The third-order valence-electron chi connectivity index (χ3n) is 4.23. The normalized spacial score (nSPS) is 10.9. The summed E-state index contributed by atoms with van der Waals surface area (Å²) in [5, 5.41) is 12.9. The van der Waals surface area contributed by atoms with E-state index in [0.717, 1.165) is 15.6 Å². The maximum Gasteiger partial charge on any atom is 0.266 e. The van der Waals surface area contributed by atoms with E-state index in [4.69, 9.17) is 16.3 Å². The Morgan fingerprint density at radius 2 is 1.93 bits per heavy atom. The second kappa shape index (κ2) is 10.1. The first-order valence-corrected chi connectivity index (χ1v) is 10.3. The maximum absolute atomic E-state index is 12.6. The highest BCUT2D eigenvalue weighted by Gasteiger charge is 2.12. The van der Waals surface area contributed by atoms with Crippen molar-refractivity contribution in [1.29, 1.82) is 5.26 Å². The summed E-state index contributed by atoms with van der Waals surface area (Å²) in [4.78, 5) is 12.6. The maximum atomic E-state index is 12.6. The molecule has 0 atom stereocenters. The number of hydrogen-bond acceptors (Lipinski definition) is 3. The minimum atomic E-state index is -0.484. The molecule has 0 unspecified atom stereocenters. The van der Waals surface area contributed by atoms with Gasteiger partial charge in [0.25, 0.3) is 5.91 Å². The van der Waals surface area contributed by atoms with Crippen molar-refractivity contribution >= 4 is 45.2 Å². The van der Waals surface area contributed by atoms with Gasteiger partial charge in [-0.3, -0.25) is 4.79 Å². The van der Waals surface area contributed by atoms with Crippen LogP contribution >= 0.6 is 27.5 Å². The van der Waals surface area contributed by atoms with E-state index in [1.807, 2.05) is 49.4 Å². The first-order valence-electron chi connectivity index (χ1n) is 9.11. The Morgan fingerprint density at radius 1 is 1.17 bits per heavy atom. The lowest BCUT2D eigenvalue weighted by Gasteiger charge is -2.11. The second-order valence-corrected chi connectivity index (χ2v) is 7.94. The Bertz CT molecular complexity index is 1130. The van der Waals surface area contributed by atoms with Crippen molar-refractivity contribution < 1.29 is 9.53 Å². The van der Waals surface area contributed by atoms with E-state index in [9.17, 15) is 10.1 Å². The number of ether oxygens (including phenoxy) is 1. The molecule has 3 rings (SSSR count). The lowest BCUT2D eigenvalue weighted by atomic mass is 10.1. The fraction of sp³-hybridized carbons (Fsp3) is 0.0833. The zero-order valence-corrected chi connectivity index (χ0v) is 18.5. The standard InChI is InChI=1S/C24H18BrClN2O2/c1-16-5-8-22(9-6-16)28-24(29)19(14-27)12-18-13-20(25)7-10-23(18)30-15-17-3-2-4-21(26)11-17/h2-13H,15H2,1H3,(H,28,29)/b19-12+. The van der Waals surface area contributed by atoms with Crippen molar-refractivity contribution in [2.75, 3.05) is 5.32 Å². The predicted octanol–water partition coefficient (Wildman–Crippen LogP) is 6.54. The minimum Gasteiger partial charge on any atom is -0.488 e. The van der Waals surface area contributed by atoms with E-state index in [1.54, 1.807) is 30.3 Å². The predicted molar refractivity (Wildman–Crippen MR) is 123 cm³/mol. The molecule has 0 aromatic heterocycles. The molecule has 30 heavy (non-hydrogen) atoms. The quantitative estimate of drug-likeness (QED) is 0.321. The molecule has 150 valence electrons. The second-order valence-electron chi connectivity index (χ2n) is 6.59. The van der Waals surface area contributed by atoms with Crippen LogP contribution in [0.3, 0.4) is 0 Å². The average Bonchev–Trinajstić information content (AvgIpc) is 2.73. The topological polar surface area (TPSA) is 62.1 Å². The molecule has 3 aromatic carbocycles. The van der Waals surface area contributed by atoms with Gasteiger partial charge in [0.2, 0.25) is 0 Å². The van der Waals surface area contributed by atoms with Gasteiger partial charge in [-0.15, -0.1) is 0 Å². The molecule has 4 nitrogen and oxygen atoms in total. The number of aryl methyl sites for hydroxylation is 1. The van der Waals surface area contributed by atoms with E-state index < -0.39 is 5.91 Å². The zero-order valence-electron chi connectivity index (χ0n) is 16.2. The number of carbonyl (C=O) groups is 1. The Morgan fingerprint density at radius 3 is 2.63 bits per heavy atom. The molecular formula is C24H18BrClN2O2. The molecule has 0 fully saturated rings. The van der Waals surface area contributed by atoms with Gasteiger partial charge in [0.15, 0.2) is 0 Å². The van der Waals surface area contributed by atoms with Crippen molar-refractivity contribution in [2.24, 2.45) is 0 Å². The van der Waals surface area contributed by atoms with Crippen molar-refractivity contribution in [1.82, 2.24) is 0 Å². The number of nitriles is 1. The van der Waals surface area contributed by atoms with E-state index >= 15 is 0 Å². The smallest absolute Gasteiger partial charge is 0.266 e. The number of benzene rings is 3. The van der Waals surface area contributed by atoms with Crippen LogP contribution in [0.2, 0.25) is 5.02 Å². The van der Waals surface area contributed by atoms with Crippen molar-refractivity contribution in [3.05, 3.63) is 98.5 Å². The lowest BCUT2D eigenvalue weighted by Crippen LogP contribution is -2.13. The molecule has 1 N–H and O–H groups in total. The Balaban J connectivity index is 1.82. The number of rotatable bonds is 6. The van der Waals surface area contributed by atoms with Gasteiger partial charge >= 0.3 is 0 Å². The first kappa shape index (κ1) is 21.6. The highest BCUT2D eigenvalue weighted by molar-refractivity contribution is 9.10. The third kappa shape index (κ3) is 5.96. The fourth-order valence-corrected chi connectivity index (χ4v) is 3.28. The summed E-state index contributed by atoms with van der Waals surface area (Å²) >= 11 is 9.45. The largest absolute Gasteiger partial charge is 0.488 e. The highest BCUT2D eigenvalue weighted by Crippen LogP contribution is 2.27. The SMILES string of the molecule is Cc1ccc(NC(=O)/C(C#N)=C/c2cc(Br)ccc2OCc2cccc(Cl)c2)cc1. The van der Waals surface area contributed by atoms with Crippen LogP contribution in [0, 0.1) is 18.3 Å². The number of hydrogen-bond donors (Lipinski definition) is 1. The van der Waals surface area contributed by atoms with E-state index in [0.29, 0.717) is 28.6 Å². The van der Waals surface area contributed by atoms with Gasteiger partial charge in [-0.1, -0.05) is 57.4 Å². The van der Waals surface area contributed by atoms with Crippen LogP contribution in [-0.2, 0) is 11.4 Å². The Hall–Kier alpha value is -3.07. The van der Waals surface area contributed by atoms with Gasteiger partial charge in [-0.2, -0.15) is 5.26 Å². The molecule has 0 saturated heterocycles. The molecule has 3 aromatic rings. The van der Waals surface area contributed by atoms with Crippen molar-refractivity contribution in [2.45, 2.75) is 13.5 Å². The molecule has 0 heterocycles. The summed E-state index contributed by atoms with van der Waals surface area (Å²) < 4.78 is 6.73. The summed E-state index contributed by atoms with van der Waals surface area (Å²) in [6.07, 6.45) is 1.52. The molecule has 1 amide bonds.